The lowest BCUT2D eigenvalue weighted by Gasteiger charge is -2.12. The summed E-state index contributed by atoms with van der Waals surface area (Å²) in [4.78, 5) is 24.1. The quantitative estimate of drug-likeness (QED) is 0.437. The Morgan fingerprint density at radius 1 is 1.03 bits per heavy atom. The highest BCUT2D eigenvalue weighted by molar-refractivity contribution is 7.16. The Kier molecular flexibility index (Phi) is 6.20. The van der Waals surface area contributed by atoms with E-state index < -0.39 is 11.6 Å². The number of aromatic nitrogens is 2. The molecule has 0 saturated carbocycles. The summed E-state index contributed by atoms with van der Waals surface area (Å²) in [6, 6.07) is 3.65. The van der Waals surface area contributed by atoms with Gasteiger partial charge < -0.3 is 0 Å². The van der Waals surface area contributed by atoms with E-state index in [0.717, 1.165) is 45.4 Å². The molecule has 0 bridgehead atoms. The number of rotatable bonds is 6. The highest BCUT2D eigenvalue weighted by atomic mass is 32.1. The molecule has 0 fully saturated rings. The van der Waals surface area contributed by atoms with Crippen LogP contribution in [-0.4, -0.2) is 15.8 Å². The fourth-order valence-corrected chi connectivity index (χ4v) is 5.88. The largest absolute Gasteiger partial charge is 0.299 e. The van der Waals surface area contributed by atoms with E-state index in [1.165, 1.54) is 41.5 Å². The van der Waals surface area contributed by atoms with Crippen molar-refractivity contribution < 1.29 is 13.6 Å². The van der Waals surface area contributed by atoms with Gasteiger partial charge in [-0.15, -0.1) is 22.7 Å². The number of carbonyl (C=O) groups is 1. The first-order chi connectivity index (χ1) is 14.4. The van der Waals surface area contributed by atoms with Gasteiger partial charge in [-0.2, -0.15) is 0 Å². The number of Topliss-reactive ketones (excluding diaryl/α,β-unsaturated/α-hetero) is 1. The van der Waals surface area contributed by atoms with Crippen LogP contribution in [0.1, 0.15) is 51.8 Å². The second kappa shape index (κ2) is 8.86. The Morgan fingerprint density at radius 3 is 2.43 bits per heavy atom. The van der Waals surface area contributed by atoms with Crippen LogP contribution in [0, 0.1) is 25.5 Å². The predicted octanol–water partition coefficient (Wildman–Crippen LogP) is 6.47. The number of carbonyl (C=O) groups excluding carboxylic acids is 1. The first-order valence-corrected chi connectivity index (χ1v) is 11.6. The number of benzene rings is 1. The first-order valence-electron chi connectivity index (χ1n) is 10.0. The molecule has 7 heteroatoms. The molecule has 3 nitrogen and oxygen atoms in total. The fraction of sp³-hybridized carbons (Fsp3) is 0.348. The number of hydrogen-bond acceptors (Lipinski definition) is 5. The molecule has 0 N–H and O–H groups in total. The number of nitrogens with zero attached hydrogens (tertiary/aromatic N) is 2. The third-order valence-electron chi connectivity index (χ3n) is 5.16. The number of aryl methyl sites for hydroxylation is 2. The second-order valence-electron chi connectivity index (χ2n) is 7.50. The Bertz CT molecular complexity index is 1110. The van der Waals surface area contributed by atoms with E-state index >= 15 is 0 Å². The van der Waals surface area contributed by atoms with Crippen LogP contribution < -0.4 is 0 Å². The monoisotopic (exact) mass is 444 g/mol. The summed E-state index contributed by atoms with van der Waals surface area (Å²) in [7, 11) is 0. The molecule has 1 aliphatic rings. The van der Waals surface area contributed by atoms with Crippen LogP contribution in [0.25, 0.3) is 16.1 Å². The minimum absolute atomic E-state index is 0.0650. The SMILES string of the molecule is Cc1nc(C)c(-c2nc(CC(=O)Cc3c(F)cccc3F)sc2C2=CCCCC2)s1. The van der Waals surface area contributed by atoms with E-state index in [0.29, 0.717) is 5.01 Å². The minimum Gasteiger partial charge on any atom is -0.299 e. The summed E-state index contributed by atoms with van der Waals surface area (Å²) in [5.41, 5.74) is 2.92. The number of halogens is 2. The van der Waals surface area contributed by atoms with Gasteiger partial charge in [-0.3, -0.25) is 4.79 Å². The van der Waals surface area contributed by atoms with Crippen molar-refractivity contribution in [3.05, 3.63) is 62.1 Å². The van der Waals surface area contributed by atoms with Gasteiger partial charge in [0.15, 0.2) is 0 Å². The van der Waals surface area contributed by atoms with Crippen LogP contribution in [0.3, 0.4) is 0 Å². The van der Waals surface area contributed by atoms with E-state index in [-0.39, 0.29) is 24.2 Å². The first kappa shape index (κ1) is 21.0. The minimum atomic E-state index is -0.688. The summed E-state index contributed by atoms with van der Waals surface area (Å²) in [5, 5.41) is 1.66. The van der Waals surface area contributed by atoms with Crippen molar-refractivity contribution in [2.45, 2.75) is 52.4 Å². The molecule has 3 aromatic rings. The summed E-state index contributed by atoms with van der Waals surface area (Å²) >= 11 is 3.12. The zero-order valence-electron chi connectivity index (χ0n) is 16.9. The second-order valence-corrected chi connectivity index (χ2v) is 9.79. The summed E-state index contributed by atoms with van der Waals surface area (Å²) in [5.74, 6) is -1.63. The predicted molar refractivity (Wildman–Crippen MR) is 118 cm³/mol. The normalized spacial score (nSPS) is 14.1. The molecular weight excluding hydrogens is 422 g/mol. The lowest BCUT2D eigenvalue weighted by molar-refractivity contribution is -0.117. The average molecular weight is 445 g/mol. The maximum Gasteiger partial charge on any atom is 0.144 e. The Balaban J connectivity index is 1.65. The maximum atomic E-state index is 13.9. The third-order valence-corrected chi connectivity index (χ3v) is 7.37. The topological polar surface area (TPSA) is 42.9 Å². The Hall–Kier alpha value is -2.25. The van der Waals surface area contributed by atoms with Crippen LogP contribution in [-0.2, 0) is 17.6 Å². The molecule has 0 saturated heterocycles. The van der Waals surface area contributed by atoms with Gasteiger partial charge in [-0.1, -0.05) is 12.1 Å². The molecule has 30 heavy (non-hydrogen) atoms. The van der Waals surface area contributed by atoms with Crippen molar-refractivity contribution in [3.63, 3.8) is 0 Å². The van der Waals surface area contributed by atoms with Gasteiger partial charge in [-0.25, -0.2) is 18.7 Å². The molecule has 0 radical (unpaired) electrons. The number of hydrogen-bond donors (Lipinski definition) is 0. The number of thiazole rings is 2. The summed E-state index contributed by atoms with van der Waals surface area (Å²) < 4.78 is 27.8. The van der Waals surface area contributed by atoms with E-state index in [2.05, 4.69) is 11.1 Å². The molecule has 0 amide bonds. The fourth-order valence-electron chi connectivity index (χ4n) is 3.74. The van der Waals surface area contributed by atoms with Gasteiger partial charge >= 0.3 is 0 Å². The number of ketones is 1. The van der Waals surface area contributed by atoms with Crippen LogP contribution in [0.2, 0.25) is 0 Å². The van der Waals surface area contributed by atoms with Crippen molar-refractivity contribution in [1.82, 2.24) is 9.97 Å². The molecule has 1 aliphatic carbocycles. The van der Waals surface area contributed by atoms with Crippen molar-refractivity contribution in [3.8, 4) is 10.6 Å². The summed E-state index contributed by atoms with van der Waals surface area (Å²) in [6.07, 6.45) is 6.44. The van der Waals surface area contributed by atoms with Crippen molar-refractivity contribution in [1.29, 1.82) is 0 Å². The molecule has 1 aromatic carbocycles. The zero-order valence-corrected chi connectivity index (χ0v) is 18.6. The molecule has 0 aliphatic heterocycles. The highest BCUT2D eigenvalue weighted by Gasteiger charge is 2.23. The van der Waals surface area contributed by atoms with Crippen LogP contribution in [0.4, 0.5) is 8.78 Å². The van der Waals surface area contributed by atoms with E-state index in [1.807, 2.05) is 13.8 Å². The van der Waals surface area contributed by atoms with E-state index in [9.17, 15) is 13.6 Å². The van der Waals surface area contributed by atoms with Gasteiger partial charge in [0, 0.05) is 12.0 Å². The van der Waals surface area contributed by atoms with Crippen LogP contribution in [0.15, 0.2) is 24.3 Å². The highest BCUT2D eigenvalue weighted by Crippen LogP contribution is 2.41. The van der Waals surface area contributed by atoms with Gasteiger partial charge in [0.25, 0.3) is 0 Å². The van der Waals surface area contributed by atoms with Gasteiger partial charge in [0.2, 0.25) is 0 Å². The molecule has 0 atom stereocenters. The van der Waals surface area contributed by atoms with Crippen molar-refractivity contribution in [2.75, 3.05) is 0 Å². The zero-order chi connectivity index (χ0) is 21.3. The van der Waals surface area contributed by atoms with Gasteiger partial charge in [0.05, 0.1) is 26.9 Å². The van der Waals surface area contributed by atoms with Crippen LogP contribution in [0.5, 0.6) is 0 Å². The van der Waals surface area contributed by atoms with Crippen molar-refractivity contribution in [2.24, 2.45) is 0 Å². The lowest BCUT2D eigenvalue weighted by atomic mass is 9.97. The molecule has 0 unspecified atom stereocenters. The third kappa shape index (κ3) is 4.42. The van der Waals surface area contributed by atoms with E-state index in [1.54, 1.807) is 11.3 Å². The maximum absolute atomic E-state index is 13.9. The van der Waals surface area contributed by atoms with Crippen LogP contribution >= 0.6 is 22.7 Å². The lowest BCUT2D eigenvalue weighted by Crippen LogP contribution is -2.09. The van der Waals surface area contributed by atoms with Gasteiger partial charge in [0.1, 0.15) is 28.1 Å². The van der Waals surface area contributed by atoms with Gasteiger partial charge in [-0.05, 0) is 57.2 Å². The molecule has 4 rings (SSSR count). The smallest absolute Gasteiger partial charge is 0.144 e. The molecular formula is C23H22F2N2OS2. The molecule has 2 aromatic heterocycles. The average Bonchev–Trinajstić information content (AvgIpc) is 3.27. The Labute approximate surface area is 182 Å². The Morgan fingerprint density at radius 2 is 1.80 bits per heavy atom. The standard InChI is InChI=1S/C23H22F2N2OS2/c1-13-22(29-14(2)26-13)21-23(15-7-4-3-5-8-15)30-20(27-21)12-16(28)11-17-18(24)9-6-10-19(17)25/h6-7,9-10H,3-5,8,11-12H2,1-2H3. The van der Waals surface area contributed by atoms with Crippen molar-refractivity contribution >= 4 is 34.0 Å². The number of allylic oxidation sites excluding steroid dienone is 2. The van der Waals surface area contributed by atoms with E-state index in [4.69, 9.17) is 4.98 Å². The molecule has 0 spiro atoms. The molecule has 2 heterocycles. The summed E-state index contributed by atoms with van der Waals surface area (Å²) in [6.45, 7) is 3.95. The molecule has 156 valence electrons.